The molecule has 0 N–H and O–H groups in total. The number of fused-ring (bicyclic) bond motifs is 1. The molecule has 1 aliphatic heterocycles. The minimum atomic E-state index is -4.93. The Bertz CT molecular complexity index is 899. The van der Waals surface area contributed by atoms with Crippen LogP contribution in [0.1, 0.15) is 51.5 Å². The standard InChI is InChI=1S/C22H23ClF3NO3/c1-14(2)19(28)5-3-4-12-27-18-9-8-16(23)13-17(18)21(22(24,25)26,30-20(27)29)11-10-15-6-7-15/h8-9,13-15H,3-7,12H2,1-2H3/t21-/m0/s1. The number of anilines is 1. The van der Waals surface area contributed by atoms with E-state index in [4.69, 9.17) is 16.3 Å². The Kier molecular flexibility index (Phi) is 6.37. The Balaban J connectivity index is 1.91. The molecular weight excluding hydrogens is 419 g/mol. The number of halogens is 4. The van der Waals surface area contributed by atoms with Crippen LogP contribution >= 0.6 is 11.6 Å². The van der Waals surface area contributed by atoms with E-state index in [1.54, 1.807) is 0 Å². The summed E-state index contributed by atoms with van der Waals surface area (Å²) < 4.78 is 47.5. The average Bonchev–Trinajstić information content (AvgIpc) is 3.48. The molecule has 1 amide bonds. The third kappa shape index (κ3) is 4.59. The zero-order valence-corrected chi connectivity index (χ0v) is 17.6. The van der Waals surface area contributed by atoms with E-state index in [0.717, 1.165) is 23.8 Å². The van der Waals surface area contributed by atoms with Crippen molar-refractivity contribution in [1.29, 1.82) is 0 Å². The first-order chi connectivity index (χ1) is 14.0. The maximum absolute atomic E-state index is 14.2. The molecule has 0 radical (unpaired) electrons. The summed E-state index contributed by atoms with van der Waals surface area (Å²) in [5, 5.41) is 0.0935. The van der Waals surface area contributed by atoms with Gasteiger partial charge >= 0.3 is 12.3 Å². The highest BCUT2D eigenvalue weighted by Crippen LogP contribution is 2.49. The van der Waals surface area contributed by atoms with E-state index in [2.05, 4.69) is 11.8 Å². The predicted octanol–water partition coefficient (Wildman–Crippen LogP) is 5.86. The molecule has 8 heteroatoms. The van der Waals surface area contributed by atoms with Gasteiger partial charge in [0.25, 0.3) is 5.60 Å². The number of nitrogens with zero attached hydrogens (tertiary/aromatic N) is 1. The van der Waals surface area contributed by atoms with E-state index in [-0.39, 0.29) is 40.4 Å². The number of amides is 1. The first-order valence-corrected chi connectivity index (χ1v) is 10.4. The molecule has 1 atom stereocenters. The van der Waals surface area contributed by atoms with Crippen molar-refractivity contribution in [3.8, 4) is 11.8 Å². The topological polar surface area (TPSA) is 46.6 Å². The van der Waals surface area contributed by atoms with Crippen LogP contribution in [0.5, 0.6) is 0 Å². The van der Waals surface area contributed by atoms with E-state index < -0.39 is 17.9 Å². The lowest BCUT2D eigenvalue weighted by atomic mass is 9.89. The Hall–Kier alpha value is -2.20. The van der Waals surface area contributed by atoms with Crippen molar-refractivity contribution in [2.45, 2.75) is 57.7 Å². The third-order valence-corrected chi connectivity index (χ3v) is 5.45. The number of rotatable bonds is 6. The maximum Gasteiger partial charge on any atom is 0.445 e. The van der Waals surface area contributed by atoms with Crippen LogP contribution in [0.25, 0.3) is 0 Å². The van der Waals surface area contributed by atoms with Gasteiger partial charge in [0.1, 0.15) is 5.78 Å². The zero-order valence-electron chi connectivity index (χ0n) is 16.8. The fourth-order valence-electron chi connectivity index (χ4n) is 3.24. The van der Waals surface area contributed by atoms with Gasteiger partial charge < -0.3 is 4.74 Å². The summed E-state index contributed by atoms with van der Waals surface area (Å²) >= 11 is 5.99. The molecule has 1 heterocycles. The molecule has 0 unspecified atom stereocenters. The molecule has 0 bridgehead atoms. The van der Waals surface area contributed by atoms with Crippen molar-refractivity contribution in [2.75, 3.05) is 11.4 Å². The largest absolute Gasteiger partial charge is 0.445 e. The van der Waals surface area contributed by atoms with Crippen LogP contribution in [0.2, 0.25) is 5.02 Å². The van der Waals surface area contributed by atoms with Crippen molar-refractivity contribution in [2.24, 2.45) is 11.8 Å². The van der Waals surface area contributed by atoms with E-state index in [1.165, 1.54) is 12.1 Å². The number of cyclic esters (lactones) is 1. The SMILES string of the molecule is CC(C)C(=O)CCCCN1C(=O)O[C@](C#CC2CC2)(C(F)(F)F)c2cc(Cl)ccc21. The lowest BCUT2D eigenvalue weighted by Gasteiger charge is -2.40. The van der Waals surface area contributed by atoms with Gasteiger partial charge in [0.2, 0.25) is 0 Å². The van der Waals surface area contributed by atoms with E-state index in [9.17, 15) is 22.8 Å². The molecule has 1 aromatic rings. The lowest BCUT2D eigenvalue weighted by Crippen LogP contribution is -2.53. The summed E-state index contributed by atoms with van der Waals surface area (Å²) in [7, 11) is 0. The van der Waals surface area contributed by atoms with Crippen LogP contribution in [0.4, 0.5) is 23.7 Å². The molecular formula is C22H23ClF3NO3. The van der Waals surface area contributed by atoms with E-state index >= 15 is 0 Å². The molecule has 0 saturated heterocycles. The van der Waals surface area contributed by atoms with Gasteiger partial charge in [-0.15, -0.1) is 0 Å². The van der Waals surface area contributed by atoms with Crippen LogP contribution < -0.4 is 4.90 Å². The number of carbonyl (C=O) groups is 2. The second-order valence-electron chi connectivity index (χ2n) is 7.98. The molecule has 1 saturated carbocycles. The number of hydrogen-bond donors (Lipinski definition) is 0. The summed E-state index contributed by atoms with van der Waals surface area (Å²) in [6.45, 7) is 3.75. The summed E-state index contributed by atoms with van der Waals surface area (Å²) in [6, 6.07) is 3.98. The highest BCUT2D eigenvalue weighted by Gasteiger charge is 2.63. The Labute approximate surface area is 178 Å². The second kappa shape index (κ2) is 8.50. The van der Waals surface area contributed by atoms with Gasteiger partial charge in [0.15, 0.2) is 0 Å². The molecule has 30 heavy (non-hydrogen) atoms. The molecule has 1 aliphatic carbocycles. The minimum absolute atomic E-state index is 0.0771. The van der Waals surface area contributed by atoms with Gasteiger partial charge in [0.05, 0.1) is 5.69 Å². The third-order valence-electron chi connectivity index (χ3n) is 5.22. The smallest absolute Gasteiger partial charge is 0.415 e. The number of carbonyl (C=O) groups excluding carboxylic acids is 2. The van der Waals surface area contributed by atoms with Gasteiger partial charge in [-0.25, -0.2) is 4.79 Å². The summed E-state index contributed by atoms with van der Waals surface area (Å²) in [5.41, 5.74) is -3.25. The maximum atomic E-state index is 14.2. The highest BCUT2D eigenvalue weighted by molar-refractivity contribution is 6.30. The number of hydrogen-bond acceptors (Lipinski definition) is 3. The van der Waals surface area contributed by atoms with Crippen LogP contribution in [0, 0.1) is 23.7 Å². The Morgan fingerprint density at radius 1 is 1.33 bits per heavy atom. The van der Waals surface area contributed by atoms with Crippen molar-refractivity contribution in [1.82, 2.24) is 0 Å². The summed E-state index contributed by atoms with van der Waals surface area (Å²) in [5.74, 6) is 4.74. The molecule has 1 fully saturated rings. The number of Topliss-reactive ketones (excluding diaryl/α,β-unsaturated/α-hetero) is 1. The molecule has 162 valence electrons. The molecule has 2 aliphatic rings. The predicted molar refractivity (Wildman–Crippen MR) is 107 cm³/mol. The second-order valence-corrected chi connectivity index (χ2v) is 8.42. The van der Waals surface area contributed by atoms with Gasteiger partial charge in [-0.1, -0.05) is 31.4 Å². The van der Waals surface area contributed by atoms with E-state index in [1.807, 2.05) is 13.8 Å². The zero-order chi connectivity index (χ0) is 22.1. The summed E-state index contributed by atoms with van der Waals surface area (Å²) in [4.78, 5) is 25.6. The van der Waals surface area contributed by atoms with Crippen LogP contribution in [-0.4, -0.2) is 24.6 Å². The lowest BCUT2D eigenvalue weighted by molar-refractivity contribution is -0.240. The molecule has 3 rings (SSSR count). The molecule has 4 nitrogen and oxygen atoms in total. The monoisotopic (exact) mass is 441 g/mol. The van der Waals surface area contributed by atoms with Gasteiger partial charge in [-0.05, 0) is 49.8 Å². The number of ketones is 1. The van der Waals surface area contributed by atoms with Gasteiger partial charge in [-0.3, -0.25) is 9.69 Å². The van der Waals surface area contributed by atoms with Gasteiger partial charge in [-0.2, -0.15) is 13.2 Å². The van der Waals surface area contributed by atoms with Gasteiger partial charge in [0, 0.05) is 35.4 Å². The average molecular weight is 442 g/mol. The van der Waals surface area contributed by atoms with Crippen molar-refractivity contribution in [3.63, 3.8) is 0 Å². The normalized spacial score (nSPS) is 21.0. The molecule has 1 aromatic carbocycles. The number of alkyl halides is 3. The fraction of sp³-hybridized carbons (Fsp3) is 0.545. The Morgan fingerprint density at radius 3 is 2.63 bits per heavy atom. The fourth-order valence-corrected chi connectivity index (χ4v) is 3.41. The van der Waals surface area contributed by atoms with Crippen LogP contribution in [0.15, 0.2) is 18.2 Å². The van der Waals surface area contributed by atoms with Crippen molar-refractivity contribution in [3.05, 3.63) is 28.8 Å². The van der Waals surface area contributed by atoms with E-state index in [0.29, 0.717) is 19.3 Å². The molecule has 0 aromatic heterocycles. The highest BCUT2D eigenvalue weighted by atomic mass is 35.5. The Morgan fingerprint density at radius 2 is 2.03 bits per heavy atom. The summed E-state index contributed by atoms with van der Waals surface area (Å²) in [6.07, 6.45) is -3.25. The quantitative estimate of drug-likeness (QED) is 0.410. The molecule has 0 spiro atoms. The number of unbranched alkanes of at least 4 members (excludes halogenated alkanes) is 1. The number of ether oxygens (including phenoxy) is 1. The van der Waals surface area contributed by atoms with Crippen LogP contribution in [0.3, 0.4) is 0 Å². The van der Waals surface area contributed by atoms with Crippen molar-refractivity contribution < 1.29 is 27.5 Å². The van der Waals surface area contributed by atoms with Crippen LogP contribution in [-0.2, 0) is 15.1 Å². The first-order valence-electron chi connectivity index (χ1n) is 9.98. The minimum Gasteiger partial charge on any atom is -0.415 e. The first kappa shape index (κ1) is 22.5. The van der Waals surface area contributed by atoms with Crippen molar-refractivity contribution >= 4 is 29.2 Å². The number of benzene rings is 1.